The van der Waals surface area contributed by atoms with Crippen LogP contribution in [0.2, 0.25) is 0 Å². The molecule has 0 fully saturated rings. The fourth-order valence-electron chi connectivity index (χ4n) is 5.03. The van der Waals surface area contributed by atoms with Gasteiger partial charge >= 0.3 is 0 Å². The molecular formula is C28H21N7O. The lowest BCUT2D eigenvalue weighted by Gasteiger charge is -2.34. The van der Waals surface area contributed by atoms with Crippen LogP contribution in [0.15, 0.2) is 91.8 Å². The van der Waals surface area contributed by atoms with Crippen LogP contribution in [0.1, 0.15) is 33.5 Å². The Labute approximate surface area is 206 Å². The maximum Gasteiger partial charge on any atom is 0.258 e. The normalized spacial score (nSPS) is 15.3. The van der Waals surface area contributed by atoms with Gasteiger partial charge in [-0.1, -0.05) is 30.3 Å². The Bertz CT molecular complexity index is 1740. The van der Waals surface area contributed by atoms with Crippen molar-refractivity contribution in [2.75, 3.05) is 6.54 Å². The highest BCUT2D eigenvalue weighted by atomic mass is 16.2. The summed E-state index contributed by atoms with van der Waals surface area (Å²) in [4.78, 5) is 32.9. The number of nitrogens with zero attached hydrogens (tertiary/aromatic N) is 6. The van der Waals surface area contributed by atoms with Gasteiger partial charge in [-0.2, -0.15) is 5.10 Å². The maximum absolute atomic E-state index is 14.0. The molecule has 36 heavy (non-hydrogen) atoms. The van der Waals surface area contributed by atoms with E-state index in [2.05, 4.69) is 32.2 Å². The monoisotopic (exact) mass is 471 g/mol. The number of H-pyrrole nitrogens is 1. The average Bonchev–Trinajstić information content (AvgIpc) is 3.59. The molecule has 6 aromatic rings. The van der Waals surface area contributed by atoms with Crippen molar-refractivity contribution in [1.82, 2.24) is 34.4 Å². The van der Waals surface area contributed by atoms with Crippen LogP contribution in [0.3, 0.4) is 0 Å². The molecule has 1 aliphatic rings. The van der Waals surface area contributed by atoms with Crippen LogP contribution < -0.4 is 0 Å². The van der Waals surface area contributed by atoms with E-state index in [1.807, 2.05) is 65.8 Å². The number of rotatable bonds is 3. The van der Waals surface area contributed by atoms with Gasteiger partial charge in [0.15, 0.2) is 0 Å². The molecule has 0 spiro atoms. The summed E-state index contributed by atoms with van der Waals surface area (Å²) in [5, 5.41) is 6.64. The highest BCUT2D eigenvalue weighted by Crippen LogP contribution is 2.35. The summed E-state index contributed by atoms with van der Waals surface area (Å²) in [6.45, 7) is 0.552. The molecule has 7 rings (SSSR count). The Morgan fingerprint density at radius 1 is 0.944 bits per heavy atom. The van der Waals surface area contributed by atoms with E-state index in [0.29, 0.717) is 18.5 Å². The molecule has 0 saturated heterocycles. The second-order valence-corrected chi connectivity index (χ2v) is 8.89. The predicted octanol–water partition coefficient (Wildman–Crippen LogP) is 4.46. The number of hydrogen-bond acceptors (Lipinski definition) is 5. The van der Waals surface area contributed by atoms with Crippen molar-refractivity contribution in [3.8, 4) is 11.3 Å². The van der Waals surface area contributed by atoms with Gasteiger partial charge < -0.3 is 9.88 Å². The number of carbonyl (C=O) groups is 1. The van der Waals surface area contributed by atoms with Gasteiger partial charge in [0, 0.05) is 48.2 Å². The third kappa shape index (κ3) is 3.26. The topological polar surface area (TPSA) is 92.1 Å². The lowest BCUT2D eigenvalue weighted by Crippen LogP contribution is -2.41. The number of fused-ring (bicyclic) bond motifs is 3. The third-order valence-electron chi connectivity index (χ3n) is 6.83. The van der Waals surface area contributed by atoms with Crippen LogP contribution in [-0.4, -0.2) is 46.9 Å². The minimum Gasteiger partial charge on any atom is -0.348 e. The number of amides is 1. The fourth-order valence-corrected chi connectivity index (χ4v) is 5.03. The van der Waals surface area contributed by atoms with E-state index in [4.69, 9.17) is 4.98 Å². The number of pyridine rings is 3. The first-order valence-corrected chi connectivity index (χ1v) is 11.8. The summed E-state index contributed by atoms with van der Waals surface area (Å²) in [6.07, 6.45) is 9.57. The van der Waals surface area contributed by atoms with Crippen LogP contribution in [0, 0.1) is 0 Å². The fraction of sp³-hybridized carbons (Fsp3) is 0.107. The lowest BCUT2D eigenvalue weighted by molar-refractivity contribution is 0.0689. The summed E-state index contributed by atoms with van der Waals surface area (Å²) >= 11 is 0. The summed E-state index contributed by atoms with van der Waals surface area (Å²) in [5.74, 6) is -0.0933. The van der Waals surface area contributed by atoms with Crippen molar-refractivity contribution in [2.45, 2.75) is 12.5 Å². The van der Waals surface area contributed by atoms with Crippen LogP contribution in [0.25, 0.3) is 27.5 Å². The molecule has 0 bridgehead atoms. The zero-order chi connectivity index (χ0) is 24.1. The number of nitrogens with one attached hydrogen (secondary N) is 1. The van der Waals surface area contributed by atoms with E-state index >= 15 is 0 Å². The summed E-state index contributed by atoms with van der Waals surface area (Å²) in [5.41, 5.74) is 5.76. The molecule has 8 heteroatoms. The maximum atomic E-state index is 14.0. The number of benzene rings is 1. The molecule has 0 radical (unpaired) electrons. The van der Waals surface area contributed by atoms with Gasteiger partial charge in [0.2, 0.25) is 0 Å². The standard InChI is InChI=1S/C28H21N7O/c36-28(21-15-33-35-16-20(8-9-25(21)35)22-7-3-4-11-29-22)34-12-10-23-26(32-17-31-23)27(34)24-13-18-5-1-2-6-19(18)14-30-24/h1-9,11,13-17,27H,10,12H2,(H,31,32)/t27-/m1/s1. The molecule has 8 nitrogen and oxygen atoms in total. The predicted molar refractivity (Wildman–Crippen MR) is 135 cm³/mol. The van der Waals surface area contributed by atoms with E-state index in [0.717, 1.165) is 44.6 Å². The van der Waals surface area contributed by atoms with Gasteiger partial charge in [-0.05, 0) is 35.7 Å². The molecule has 174 valence electrons. The van der Waals surface area contributed by atoms with Gasteiger partial charge in [0.25, 0.3) is 5.91 Å². The molecule has 0 aliphatic carbocycles. The van der Waals surface area contributed by atoms with Crippen molar-refractivity contribution in [3.05, 3.63) is 114 Å². The number of aromatic amines is 1. The van der Waals surface area contributed by atoms with E-state index in [-0.39, 0.29) is 11.9 Å². The molecule has 0 saturated carbocycles. The second-order valence-electron chi connectivity index (χ2n) is 8.89. The zero-order valence-corrected chi connectivity index (χ0v) is 19.2. The number of carbonyl (C=O) groups excluding carboxylic acids is 1. The second kappa shape index (κ2) is 8.13. The minimum absolute atomic E-state index is 0.0933. The van der Waals surface area contributed by atoms with Crippen LogP contribution >= 0.6 is 0 Å². The van der Waals surface area contributed by atoms with Crippen LogP contribution in [0.5, 0.6) is 0 Å². The van der Waals surface area contributed by atoms with E-state index in [1.54, 1.807) is 23.2 Å². The Morgan fingerprint density at radius 2 is 1.83 bits per heavy atom. The van der Waals surface area contributed by atoms with E-state index < -0.39 is 0 Å². The van der Waals surface area contributed by atoms with Crippen LogP contribution in [0.4, 0.5) is 0 Å². The minimum atomic E-state index is -0.389. The molecule has 5 aromatic heterocycles. The molecule has 1 N–H and O–H groups in total. The van der Waals surface area contributed by atoms with Gasteiger partial charge in [0.1, 0.15) is 6.04 Å². The number of hydrogen-bond donors (Lipinski definition) is 1. The largest absolute Gasteiger partial charge is 0.348 e. The molecule has 1 aromatic carbocycles. The Kier molecular flexibility index (Phi) is 4.63. The van der Waals surface area contributed by atoms with Gasteiger partial charge in [-0.15, -0.1) is 0 Å². The van der Waals surface area contributed by atoms with Crippen molar-refractivity contribution in [1.29, 1.82) is 0 Å². The first-order valence-electron chi connectivity index (χ1n) is 11.8. The smallest absolute Gasteiger partial charge is 0.258 e. The zero-order valence-electron chi connectivity index (χ0n) is 19.2. The van der Waals surface area contributed by atoms with Crippen molar-refractivity contribution in [2.24, 2.45) is 0 Å². The summed E-state index contributed by atoms with van der Waals surface area (Å²) in [6, 6.07) is 19.5. The Balaban J connectivity index is 1.30. The molecule has 1 atom stereocenters. The van der Waals surface area contributed by atoms with E-state index in [1.165, 1.54) is 0 Å². The van der Waals surface area contributed by atoms with Crippen LogP contribution in [-0.2, 0) is 6.42 Å². The van der Waals surface area contributed by atoms with Crippen molar-refractivity contribution >= 4 is 22.2 Å². The number of imidazole rings is 1. The quantitative estimate of drug-likeness (QED) is 0.412. The summed E-state index contributed by atoms with van der Waals surface area (Å²) < 4.78 is 1.74. The molecular weight excluding hydrogens is 450 g/mol. The Morgan fingerprint density at radius 3 is 2.72 bits per heavy atom. The summed E-state index contributed by atoms with van der Waals surface area (Å²) in [7, 11) is 0. The number of aromatic nitrogens is 6. The third-order valence-corrected chi connectivity index (χ3v) is 6.83. The highest BCUT2D eigenvalue weighted by molar-refractivity contribution is 6.01. The molecule has 0 unspecified atom stereocenters. The molecule has 1 amide bonds. The van der Waals surface area contributed by atoms with Gasteiger partial charge in [-0.25, -0.2) is 9.50 Å². The van der Waals surface area contributed by atoms with E-state index in [9.17, 15) is 4.79 Å². The van der Waals surface area contributed by atoms with Gasteiger partial charge in [0.05, 0.1) is 40.7 Å². The highest BCUT2D eigenvalue weighted by Gasteiger charge is 2.36. The molecule has 1 aliphatic heterocycles. The first-order chi connectivity index (χ1) is 17.8. The van der Waals surface area contributed by atoms with Crippen molar-refractivity contribution in [3.63, 3.8) is 0 Å². The van der Waals surface area contributed by atoms with Gasteiger partial charge in [-0.3, -0.25) is 14.8 Å². The Hall–Kier alpha value is -4.85. The lowest BCUT2D eigenvalue weighted by atomic mass is 9.97. The SMILES string of the molecule is O=C(c1cnn2cc(-c3ccccn3)ccc12)N1CCc2[nH]cnc2[C@H]1c1cc2ccccc2cn1. The first kappa shape index (κ1) is 20.5. The average molecular weight is 472 g/mol. The van der Waals surface area contributed by atoms with Crippen molar-refractivity contribution < 1.29 is 4.79 Å². The molecule has 6 heterocycles.